The predicted molar refractivity (Wildman–Crippen MR) is 199 cm³/mol. The van der Waals surface area contributed by atoms with Crippen LogP contribution in [0.25, 0.3) is 0 Å². The average molecular weight is 709 g/mol. The number of piperazine rings is 1. The van der Waals surface area contributed by atoms with E-state index in [0.29, 0.717) is 37.7 Å². The van der Waals surface area contributed by atoms with Gasteiger partial charge >= 0.3 is 6.09 Å². The maximum absolute atomic E-state index is 15.1. The number of fused-ring (bicyclic) bond motifs is 2. The van der Waals surface area contributed by atoms with Crippen LogP contribution in [-0.2, 0) is 35.5 Å². The van der Waals surface area contributed by atoms with Gasteiger partial charge in [0.2, 0.25) is 5.91 Å². The molecule has 1 saturated carbocycles. The Labute approximate surface area is 306 Å². The fraction of sp³-hybridized carbons (Fsp3) is 0.463. The molecule has 51 heavy (non-hydrogen) atoms. The van der Waals surface area contributed by atoms with Crippen molar-refractivity contribution in [1.82, 2.24) is 29.2 Å². The first-order valence-electron chi connectivity index (χ1n) is 18.6. The Morgan fingerprint density at radius 3 is 2.55 bits per heavy atom. The zero-order chi connectivity index (χ0) is 35.3. The first kappa shape index (κ1) is 35.2. The molecular formula is C41H49ClN6O3. The van der Waals surface area contributed by atoms with Gasteiger partial charge < -0.3 is 14.2 Å². The van der Waals surface area contributed by atoms with Gasteiger partial charge in [0.1, 0.15) is 18.0 Å². The molecule has 4 aromatic rings. The van der Waals surface area contributed by atoms with Crippen LogP contribution in [0.15, 0.2) is 73.1 Å². The Bertz CT molecular complexity index is 1820. The molecule has 1 saturated heterocycles. The standard InChI is InChI=1S/C41H49ClN6O3/c1-29-26-45(30(2)44-29)21-10-22-47(27-31-11-5-3-6-12-31)40(49)37-28-46(23-24-48(37)41(50)51-35-14-7-4-8-15-35)39-36-19-18-34(42)25-33(36)17-16-32-13-9-20-43-38(32)39/h3,5-6,9,11-13,18-20,25-26,35,37,39H,4,7-8,10,14-17,21-24,27-28H2,1-2H3/t37-,39+/m1/s1. The third-order valence-corrected chi connectivity index (χ3v) is 11.1. The Kier molecular flexibility index (Phi) is 11.0. The number of hydrogen-bond acceptors (Lipinski definition) is 6. The van der Waals surface area contributed by atoms with E-state index in [1.54, 1.807) is 4.90 Å². The molecule has 0 radical (unpaired) electrons. The summed E-state index contributed by atoms with van der Waals surface area (Å²) in [5.41, 5.74) is 6.61. The van der Waals surface area contributed by atoms with Crippen molar-refractivity contribution >= 4 is 23.6 Å². The lowest BCUT2D eigenvalue weighted by molar-refractivity contribution is -0.140. The highest BCUT2D eigenvalue weighted by Crippen LogP contribution is 2.38. The van der Waals surface area contributed by atoms with E-state index in [2.05, 4.69) is 51.0 Å². The lowest BCUT2D eigenvalue weighted by Crippen LogP contribution is -2.62. The summed E-state index contributed by atoms with van der Waals surface area (Å²) in [4.78, 5) is 44.6. The van der Waals surface area contributed by atoms with E-state index in [1.165, 1.54) is 17.5 Å². The maximum atomic E-state index is 15.1. The Balaban J connectivity index is 1.21. The summed E-state index contributed by atoms with van der Waals surface area (Å²) in [6.45, 7) is 7.10. The quantitative estimate of drug-likeness (QED) is 0.181. The number of aromatic nitrogens is 3. The molecule has 7 rings (SSSR count). The van der Waals surface area contributed by atoms with Crippen molar-refractivity contribution < 1.29 is 14.3 Å². The fourth-order valence-corrected chi connectivity index (χ4v) is 8.42. The monoisotopic (exact) mass is 708 g/mol. The molecule has 0 N–H and O–H groups in total. The van der Waals surface area contributed by atoms with Gasteiger partial charge in [-0.3, -0.25) is 19.6 Å². The molecule has 3 aliphatic rings. The lowest BCUT2D eigenvalue weighted by atomic mass is 9.95. The summed E-state index contributed by atoms with van der Waals surface area (Å²) in [6.07, 6.45) is 11.0. The number of halogens is 1. The fourth-order valence-electron chi connectivity index (χ4n) is 8.22. The molecule has 1 aliphatic heterocycles. The van der Waals surface area contributed by atoms with Gasteiger partial charge in [-0.2, -0.15) is 0 Å². The molecule has 268 valence electrons. The molecule has 0 spiro atoms. The van der Waals surface area contributed by atoms with Gasteiger partial charge in [-0.25, -0.2) is 9.78 Å². The van der Waals surface area contributed by atoms with E-state index in [4.69, 9.17) is 21.3 Å². The minimum atomic E-state index is -0.720. The van der Waals surface area contributed by atoms with Crippen LogP contribution in [0.1, 0.15) is 84.0 Å². The molecule has 2 fully saturated rings. The van der Waals surface area contributed by atoms with Crippen LogP contribution in [-0.4, -0.2) is 79.6 Å². The number of benzene rings is 2. The Morgan fingerprint density at radius 1 is 0.961 bits per heavy atom. The SMILES string of the molecule is Cc1cn(CCCN(Cc2ccccc2)C(=O)[C@H]2CN([C@H]3c4ccc(Cl)cc4CCc4cccnc43)CCN2C(=O)OC2CCCCC2)c(C)n1. The van der Waals surface area contributed by atoms with E-state index in [-0.39, 0.29) is 24.1 Å². The lowest BCUT2D eigenvalue weighted by Gasteiger charge is -2.45. The molecule has 2 atom stereocenters. The second-order valence-corrected chi connectivity index (χ2v) is 14.8. The predicted octanol–water partition coefficient (Wildman–Crippen LogP) is 7.31. The number of imidazole rings is 1. The molecular weight excluding hydrogens is 660 g/mol. The number of amides is 2. The molecule has 3 heterocycles. The number of nitrogens with zero attached hydrogens (tertiary/aromatic N) is 6. The van der Waals surface area contributed by atoms with E-state index in [1.807, 2.05) is 55.3 Å². The van der Waals surface area contributed by atoms with E-state index in [9.17, 15) is 4.79 Å². The van der Waals surface area contributed by atoms with Gasteiger partial charge in [0.05, 0.1) is 17.4 Å². The minimum absolute atomic E-state index is 0.0612. The highest BCUT2D eigenvalue weighted by Gasteiger charge is 2.42. The largest absolute Gasteiger partial charge is 0.446 e. The van der Waals surface area contributed by atoms with Crippen molar-refractivity contribution in [2.45, 2.75) is 96.5 Å². The molecule has 2 aliphatic carbocycles. The van der Waals surface area contributed by atoms with Crippen LogP contribution in [0, 0.1) is 13.8 Å². The Hall–Kier alpha value is -4.21. The van der Waals surface area contributed by atoms with Crippen molar-refractivity contribution in [3.63, 3.8) is 0 Å². The van der Waals surface area contributed by atoms with Crippen LogP contribution in [0.4, 0.5) is 4.79 Å². The number of carbonyl (C=O) groups is 2. The molecule has 0 unspecified atom stereocenters. The van der Waals surface area contributed by atoms with Gasteiger partial charge in [0, 0.05) is 56.7 Å². The molecule has 9 nitrogen and oxygen atoms in total. The summed E-state index contributed by atoms with van der Waals surface area (Å²) < 4.78 is 8.30. The highest BCUT2D eigenvalue weighted by molar-refractivity contribution is 6.30. The topological polar surface area (TPSA) is 83.8 Å². The first-order chi connectivity index (χ1) is 24.8. The first-order valence-corrected chi connectivity index (χ1v) is 19.0. The number of hydrogen-bond donors (Lipinski definition) is 0. The number of rotatable bonds is 9. The van der Waals surface area contributed by atoms with Gasteiger partial charge in [0.15, 0.2) is 0 Å². The normalized spacial score (nSPS) is 19.5. The highest BCUT2D eigenvalue weighted by atomic mass is 35.5. The van der Waals surface area contributed by atoms with Crippen molar-refractivity contribution in [3.8, 4) is 0 Å². The average Bonchev–Trinajstić information content (AvgIpc) is 3.37. The molecule has 2 aromatic carbocycles. The zero-order valence-corrected chi connectivity index (χ0v) is 30.6. The van der Waals surface area contributed by atoms with Crippen molar-refractivity contribution in [1.29, 1.82) is 0 Å². The zero-order valence-electron chi connectivity index (χ0n) is 29.8. The second-order valence-electron chi connectivity index (χ2n) is 14.4. The van der Waals surface area contributed by atoms with Gasteiger partial charge in [-0.1, -0.05) is 60.5 Å². The van der Waals surface area contributed by atoms with Crippen LogP contribution in [0.3, 0.4) is 0 Å². The summed E-state index contributed by atoms with van der Waals surface area (Å²) in [7, 11) is 0. The molecule has 2 amide bonds. The number of aryl methyl sites for hydroxylation is 5. The van der Waals surface area contributed by atoms with Crippen molar-refractivity contribution in [2.75, 3.05) is 26.2 Å². The number of ether oxygens (including phenoxy) is 1. The molecule has 2 aromatic heterocycles. The summed E-state index contributed by atoms with van der Waals surface area (Å²) in [6, 6.07) is 19.5. The van der Waals surface area contributed by atoms with Crippen molar-refractivity contribution in [2.24, 2.45) is 0 Å². The third-order valence-electron chi connectivity index (χ3n) is 10.8. The van der Waals surface area contributed by atoms with Crippen molar-refractivity contribution in [3.05, 3.63) is 118 Å². The van der Waals surface area contributed by atoms with E-state index >= 15 is 4.79 Å². The van der Waals surface area contributed by atoms with Crippen LogP contribution in [0.2, 0.25) is 5.02 Å². The second kappa shape index (κ2) is 16.0. The van der Waals surface area contributed by atoms with Crippen LogP contribution >= 0.6 is 11.6 Å². The minimum Gasteiger partial charge on any atom is -0.446 e. The number of pyridine rings is 1. The van der Waals surface area contributed by atoms with Gasteiger partial charge in [-0.15, -0.1) is 0 Å². The number of carbonyl (C=O) groups excluding carboxylic acids is 2. The smallest absolute Gasteiger partial charge is 0.410 e. The van der Waals surface area contributed by atoms with E-state index in [0.717, 1.165) is 79.8 Å². The molecule has 0 bridgehead atoms. The van der Waals surface area contributed by atoms with Gasteiger partial charge in [-0.05, 0) is 99.2 Å². The third kappa shape index (κ3) is 8.15. The summed E-state index contributed by atoms with van der Waals surface area (Å²) in [5, 5.41) is 0.715. The molecule has 10 heteroatoms. The van der Waals surface area contributed by atoms with Crippen LogP contribution < -0.4 is 0 Å². The van der Waals surface area contributed by atoms with Gasteiger partial charge in [0.25, 0.3) is 0 Å². The summed E-state index contributed by atoms with van der Waals surface area (Å²) >= 11 is 6.52. The van der Waals surface area contributed by atoms with E-state index < -0.39 is 6.04 Å². The van der Waals surface area contributed by atoms with Crippen LogP contribution in [0.5, 0.6) is 0 Å². The Morgan fingerprint density at radius 2 is 1.76 bits per heavy atom. The summed E-state index contributed by atoms with van der Waals surface area (Å²) in [5.74, 6) is 0.903. The maximum Gasteiger partial charge on any atom is 0.410 e.